The van der Waals surface area contributed by atoms with Crippen molar-refractivity contribution < 1.29 is 17.8 Å². The van der Waals surface area contributed by atoms with Crippen LogP contribution in [0.5, 0.6) is 5.75 Å². The zero-order valence-electron chi connectivity index (χ0n) is 9.76. The highest BCUT2D eigenvalue weighted by Gasteiger charge is 2.24. The van der Waals surface area contributed by atoms with Crippen molar-refractivity contribution in [3.05, 3.63) is 29.3 Å². The Kier molecular flexibility index (Phi) is 2.82. The van der Waals surface area contributed by atoms with Crippen LogP contribution in [0.2, 0.25) is 0 Å². The molecule has 1 aromatic carbocycles. The second-order valence-electron chi connectivity index (χ2n) is 4.74. The molecule has 2 rings (SSSR count). The van der Waals surface area contributed by atoms with E-state index in [1.54, 1.807) is 12.1 Å². The van der Waals surface area contributed by atoms with Gasteiger partial charge in [-0.2, -0.15) is 4.21 Å². The van der Waals surface area contributed by atoms with E-state index in [1.165, 1.54) is 0 Å². The second kappa shape index (κ2) is 4.03. The number of aromatic hydroxyl groups is 1. The first-order chi connectivity index (χ1) is 7.88. The third-order valence-corrected chi connectivity index (χ3v) is 2.91. The highest BCUT2D eigenvalue weighted by Crippen LogP contribution is 2.29. The lowest BCUT2D eigenvalue weighted by molar-refractivity contribution is 0.371. The summed E-state index contributed by atoms with van der Waals surface area (Å²) in [6.45, 7) is 6.15. The van der Waals surface area contributed by atoms with E-state index in [4.69, 9.17) is 4.18 Å². The van der Waals surface area contributed by atoms with E-state index in [1.807, 2.05) is 6.07 Å². The Morgan fingerprint density at radius 3 is 2.59 bits per heavy atom. The lowest BCUT2D eigenvalue weighted by Crippen LogP contribution is -2.12. The molecule has 1 heterocycles. The van der Waals surface area contributed by atoms with Gasteiger partial charge in [-0.25, -0.2) is 0 Å². The Bertz CT molecular complexity index is 505. The first-order valence-electron chi connectivity index (χ1n) is 5.07. The molecule has 5 nitrogen and oxygen atoms in total. The van der Waals surface area contributed by atoms with Crippen molar-refractivity contribution in [1.82, 2.24) is 0 Å². The van der Waals surface area contributed by atoms with Gasteiger partial charge < -0.3 is 9.29 Å². The normalized spacial score (nSPS) is 19.5. The molecule has 0 spiro atoms. The van der Waals surface area contributed by atoms with Crippen LogP contribution < -0.4 is 0 Å². The van der Waals surface area contributed by atoms with Gasteiger partial charge in [0.1, 0.15) is 5.75 Å². The fourth-order valence-electron chi connectivity index (χ4n) is 1.43. The predicted molar refractivity (Wildman–Crippen MR) is 63.7 cm³/mol. The number of phenolic OH excluding ortho intramolecular Hbond substituents is 1. The molecule has 0 saturated heterocycles. The molecule has 0 fully saturated rings. The smallest absolute Gasteiger partial charge is 0.441 e. The number of nitrogens with zero attached hydrogens (tertiary/aromatic N) is 1. The molecule has 1 aliphatic heterocycles. The fraction of sp³-hybridized carbons (Fsp3) is 0.364. The molecular weight excluding hydrogens is 242 g/mol. The van der Waals surface area contributed by atoms with Crippen LogP contribution in [-0.4, -0.2) is 15.2 Å². The van der Waals surface area contributed by atoms with Crippen LogP contribution in [0, 0.1) is 0 Å². The monoisotopic (exact) mass is 255 g/mol. The maximum absolute atomic E-state index is 10.9. The summed E-state index contributed by atoms with van der Waals surface area (Å²) < 4.78 is 20.2. The molecule has 0 aliphatic carbocycles. The number of benzene rings is 1. The van der Waals surface area contributed by atoms with Crippen molar-refractivity contribution in [3.8, 4) is 5.75 Å². The number of hydrogen-bond donors (Lipinski definition) is 1. The van der Waals surface area contributed by atoms with Gasteiger partial charge in [-0.15, -0.1) is 0 Å². The molecule has 1 aliphatic rings. The SMILES string of the molecule is CC(C)(C)c1ccc(O)c(C2=NOS(=O)O2)c1. The summed E-state index contributed by atoms with van der Waals surface area (Å²) in [5.41, 5.74) is 1.32. The Labute approximate surface area is 102 Å². The number of phenols is 1. The van der Waals surface area contributed by atoms with Gasteiger partial charge in [-0.1, -0.05) is 26.8 Å². The minimum Gasteiger partial charge on any atom is -0.507 e. The van der Waals surface area contributed by atoms with Crippen molar-refractivity contribution in [2.75, 3.05) is 0 Å². The van der Waals surface area contributed by atoms with Crippen LogP contribution in [0.15, 0.2) is 23.4 Å². The van der Waals surface area contributed by atoms with Crippen molar-refractivity contribution in [3.63, 3.8) is 0 Å². The van der Waals surface area contributed by atoms with Crippen molar-refractivity contribution in [2.45, 2.75) is 26.2 Å². The summed E-state index contributed by atoms with van der Waals surface area (Å²) in [5, 5.41) is 13.2. The van der Waals surface area contributed by atoms with E-state index in [-0.39, 0.29) is 17.1 Å². The van der Waals surface area contributed by atoms with Gasteiger partial charge in [0.2, 0.25) is 0 Å². The maximum atomic E-state index is 10.9. The zero-order valence-corrected chi connectivity index (χ0v) is 10.6. The maximum Gasteiger partial charge on any atom is 0.441 e. The fourth-order valence-corrected chi connectivity index (χ4v) is 1.84. The topological polar surface area (TPSA) is 68.1 Å². The summed E-state index contributed by atoms with van der Waals surface area (Å²) in [5.74, 6) is 0.0474. The Morgan fingerprint density at radius 2 is 2.06 bits per heavy atom. The van der Waals surface area contributed by atoms with Gasteiger partial charge >= 0.3 is 11.4 Å². The molecule has 6 heteroatoms. The standard InChI is InChI=1S/C11H13NO4S/c1-11(2,3)7-4-5-9(13)8(6-7)10-12-16-17(14)15-10/h4-6,13H,1-3H3. The molecule has 0 radical (unpaired) electrons. The molecule has 1 unspecified atom stereocenters. The van der Waals surface area contributed by atoms with Gasteiger partial charge in [0.05, 0.1) is 5.56 Å². The molecule has 92 valence electrons. The summed E-state index contributed by atoms with van der Waals surface area (Å²) in [7, 11) is 0. The van der Waals surface area contributed by atoms with Crippen LogP contribution in [0.1, 0.15) is 31.9 Å². The summed E-state index contributed by atoms with van der Waals surface area (Å²) in [4.78, 5) is 0. The van der Waals surface area contributed by atoms with Crippen LogP contribution in [0.4, 0.5) is 0 Å². The van der Waals surface area contributed by atoms with Gasteiger partial charge in [0.25, 0.3) is 5.90 Å². The van der Waals surface area contributed by atoms with E-state index in [2.05, 4.69) is 30.2 Å². The Hall–Kier alpha value is -1.56. The first kappa shape index (κ1) is 11.9. The number of oxime groups is 1. The number of hydrogen-bond acceptors (Lipinski definition) is 5. The lowest BCUT2D eigenvalue weighted by atomic mass is 9.86. The van der Waals surface area contributed by atoms with Gasteiger partial charge in [0.15, 0.2) is 0 Å². The molecule has 1 N–H and O–H groups in total. The van der Waals surface area contributed by atoms with E-state index in [0.717, 1.165) is 5.56 Å². The highest BCUT2D eigenvalue weighted by molar-refractivity contribution is 7.75. The molecule has 1 aromatic rings. The average Bonchev–Trinajstić information content (AvgIpc) is 2.63. The van der Waals surface area contributed by atoms with Gasteiger partial charge in [-0.05, 0) is 28.3 Å². The summed E-state index contributed by atoms with van der Waals surface area (Å²) in [6.07, 6.45) is 0. The van der Waals surface area contributed by atoms with Crippen LogP contribution in [0.25, 0.3) is 0 Å². The predicted octanol–water partition coefficient (Wildman–Crippen LogP) is 1.98. The molecule has 1 atom stereocenters. The largest absolute Gasteiger partial charge is 0.507 e. The third-order valence-electron chi connectivity index (χ3n) is 2.42. The van der Waals surface area contributed by atoms with Crippen LogP contribution >= 0.6 is 0 Å². The average molecular weight is 255 g/mol. The minimum atomic E-state index is -1.90. The zero-order chi connectivity index (χ0) is 12.6. The van der Waals surface area contributed by atoms with Crippen LogP contribution in [0.3, 0.4) is 0 Å². The van der Waals surface area contributed by atoms with Crippen molar-refractivity contribution in [1.29, 1.82) is 0 Å². The quantitative estimate of drug-likeness (QED) is 0.833. The van der Waals surface area contributed by atoms with E-state index in [9.17, 15) is 9.32 Å². The Morgan fingerprint density at radius 1 is 1.35 bits per heavy atom. The summed E-state index contributed by atoms with van der Waals surface area (Å²) >= 11 is -1.90. The molecule has 17 heavy (non-hydrogen) atoms. The summed E-state index contributed by atoms with van der Waals surface area (Å²) in [6, 6.07) is 5.13. The molecule has 0 amide bonds. The van der Waals surface area contributed by atoms with Gasteiger partial charge in [-0.3, -0.25) is 4.28 Å². The molecule has 0 bridgehead atoms. The lowest BCUT2D eigenvalue weighted by Gasteiger charge is -2.19. The molecular formula is C11H13NO4S. The molecule has 0 saturated carbocycles. The Balaban J connectivity index is 2.44. The second-order valence-corrected chi connectivity index (χ2v) is 5.46. The van der Waals surface area contributed by atoms with E-state index in [0.29, 0.717) is 5.56 Å². The third kappa shape index (κ3) is 2.41. The molecule has 0 aromatic heterocycles. The van der Waals surface area contributed by atoms with Crippen LogP contribution in [-0.2, 0) is 25.2 Å². The minimum absolute atomic E-state index is 0.0132. The van der Waals surface area contributed by atoms with Gasteiger partial charge in [0, 0.05) is 0 Å². The number of rotatable bonds is 1. The highest BCUT2D eigenvalue weighted by atomic mass is 32.2. The first-order valence-corrected chi connectivity index (χ1v) is 6.07. The van der Waals surface area contributed by atoms with Crippen molar-refractivity contribution >= 4 is 17.3 Å². The van der Waals surface area contributed by atoms with Crippen molar-refractivity contribution in [2.24, 2.45) is 5.16 Å². The van der Waals surface area contributed by atoms with E-state index >= 15 is 0 Å². The van der Waals surface area contributed by atoms with E-state index < -0.39 is 11.4 Å².